The molecule has 0 spiro atoms. The van der Waals surface area contributed by atoms with E-state index in [2.05, 4.69) is 4.74 Å². The largest absolute Gasteiger partial charge is 0.480 e. The van der Waals surface area contributed by atoms with Gasteiger partial charge in [-0.15, -0.1) is 0 Å². The number of alkyl halides is 9. The van der Waals surface area contributed by atoms with Crippen LogP contribution < -0.4 is 0 Å². The van der Waals surface area contributed by atoms with Crippen LogP contribution >= 0.6 is 0 Å². The van der Waals surface area contributed by atoms with Crippen LogP contribution in [0.1, 0.15) is 23.5 Å². The molecule has 1 saturated heterocycles. The number of carboxylic acid groups (broad SMARTS) is 1. The van der Waals surface area contributed by atoms with Gasteiger partial charge in [0.1, 0.15) is 12.6 Å². The molecule has 1 heterocycles. The van der Waals surface area contributed by atoms with Gasteiger partial charge in [0.25, 0.3) is 0 Å². The molecule has 0 bridgehead atoms. The molecule has 1 aliphatic carbocycles. The first-order valence-corrected chi connectivity index (χ1v) is 11.2. The predicted molar refractivity (Wildman–Crippen MR) is 114 cm³/mol. The summed E-state index contributed by atoms with van der Waals surface area (Å²) in [5.74, 6) is -2.42. The Bertz CT molecular complexity index is 1180. The van der Waals surface area contributed by atoms with Gasteiger partial charge in [-0.2, -0.15) is 39.5 Å². The van der Waals surface area contributed by atoms with Crippen molar-refractivity contribution in [1.82, 2.24) is 4.90 Å². The van der Waals surface area contributed by atoms with Crippen LogP contribution in [0.3, 0.4) is 0 Å². The fourth-order valence-corrected chi connectivity index (χ4v) is 4.93. The molecule has 2 aliphatic rings. The van der Waals surface area contributed by atoms with Crippen molar-refractivity contribution in [2.75, 3.05) is 13.2 Å². The van der Waals surface area contributed by atoms with E-state index in [-0.39, 0.29) is 4.90 Å². The summed E-state index contributed by atoms with van der Waals surface area (Å²) >= 11 is 0. The lowest BCUT2D eigenvalue weighted by molar-refractivity contribution is -0.463. The maximum Gasteiger partial charge on any atom is 0.435 e. The molecule has 0 aromatic heterocycles. The van der Waals surface area contributed by atoms with E-state index in [1.54, 1.807) is 36.4 Å². The van der Waals surface area contributed by atoms with Crippen LogP contribution in [-0.2, 0) is 14.3 Å². The summed E-state index contributed by atoms with van der Waals surface area (Å²) in [6.45, 7) is -1.71. The Balaban J connectivity index is 1.56. The Labute approximate surface area is 213 Å². The van der Waals surface area contributed by atoms with E-state index < -0.39 is 73.8 Å². The second-order valence-electron chi connectivity index (χ2n) is 8.96. The summed E-state index contributed by atoms with van der Waals surface area (Å²) in [5.41, 5.74) is -3.45. The van der Waals surface area contributed by atoms with E-state index >= 15 is 0 Å². The first-order valence-electron chi connectivity index (χ1n) is 11.2. The number of likely N-dealkylation sites (tertiary alicyclic amines) is 1. The number of carbonyl (C=O) groups excluding carboxylic acids is 1. The highest BCUT2D eigenvalue weighted by atomic mass is 19.4. The SMILES string of the molecule is O=C(O)[C@@H]1C[C@H](OC(C(F)(F)F)(C(F)(F)F)C(F)(F)F)CN1C(=O)OCC1c2ccccc2-c2ccccc21. The molecule has 212 valence electrons. The van der Waals surface area contributed by atoms with Gasteiger partial charge in [-0.25, -0.2) is 9.59 Å². The summed E-state index contributed by atoms with van der Waals surface area (Å²) in [6, 6.07) is 12.0. The van der Waals surface area contributed by atoms with Gasteiger partial charge >= 0.3 is 36.2 Å². The Hall–Kier alpha value is -3.49. The maximum absolute atomic E-state index is 13.3. The zero-order valence-corrected chi connectivity index (χ0v) is 19.4. The van der Waals surface area contributed by atoms with Gasteiger partial charge in [0.2, 0.25) is 0 Å². The standard InChI is InChI=1S/C24H18F9NO5/c25-22(26,27)21(23(28,29)30,24(31,32)33)39-12-9-18(19(35)36)34(10-12)20(37)38-11-17-15-7-3-1-5-13(15)14-6-2-4-8-16(14)17/h1-8,12,17-18H,9-11H2,(H,35,36)/t12-,18-/m0/s1. The molecule has 15 heteroatoms. The minimum Gasteiger partial charge on any atom is -0.480 e. The van der Waals surface area contributed by atoms with Crippen molar-refractivity contribution in [2.45, 2.75) is 48.6 Å². The van der Waals surface area contributed by atoms with Crippen LogP contribution in [0.15, 0.2) is 48.5 Å². The lowest BCUT2D eigenvalue weighted by Crippen LogP contribution is -2.68. The van der Waals surface area contributed by atoms with Crippen molar-refractivity contribution < 1.29 is 63.7 Å². The third-order valence-electron chi connectivity index (χ3n) is 6.66. The molecule has 1 aliphatic heterocycles. The minimum absolute atomic E-state index is 0.244. The quantitative estimate of drug-likeness (QED) is 0.452. The monoisotopic (exact) mass is 571 g/mol. The summed E-state index contributed by atoms with van der Waals surface area (Å²) in [6.07, 6.45) is -26.3. The lowest BCUT2D eigenvalue weighted by atomic mass is 9.98. The first-order chi connectivity index (χ1) is 18.0. The van der Waals surface area contributed by atoms with Gasteiger partial charge in [-0.3, -0.25) is 4.90 Å². The average Bonchev–Trinajstić information content (AvgIpc) is 3.38. The molecule has 2 aromatic carbocycles. The molecule has 0 radical (unpaired) electrons. The van der Waals surface area contributed by atoms with Crippen molar-refractivity contribution in [3.05, 3.63) is 59.7 Å². The fourth-order valence-electron chi connectivity index (χ4n) is 4.93. The number of aliphatic carboxylic acids is 1. The number of hydrogen-bond acceptors (Lipinski definition) is 4. The minimum atomic E-state index is -7.00. The Morgan fingerprint density at radius 1 is 0.821 bits per heavy atom. The van der Waals surface area contributed by atoms with E-state index in [9.17, 15) is 54.2 Å². The van der Waals surface area contributed by atoms with Crippen LogP contribution in [0.5, 0.6) is 0 Å². The molecular weight excluding hydrogens is 553 g/mol. The molecular formula is C24H18F9NO5. The molecule has 4 rings (SSSR count). The second-order valence-corrected chi connectivity index (χ2v) is 8.96. The Kier molecular flexibility index (Phi) is 7.02. The third-order valence-corrected chi connectivity index (χ3v) is 6.66. The van der Waals surface area contributed by atoms with Crippen LogP contribution in [0, 0.1) is 0 Å². The van der Waals surface area contributed by atoms with Gasteiger partial charge in [-0.1, -0.05) is 48.5 Å². The highest BCUT2D eigenvalue weighted by Crippen LogP contribution is 2.56. The van der Waals surface area contributed by atoms with Gasteiger partial charge in [0.05, 0.1) is 12.6 Å². The molecule has 1 fully saturated rings. The number of rotatable bonds is 5. The number of carbonyl (C=O) groups is 2. The summed E-state index contributed by atoms with van der Waals surface area (Å²) in [5, 5.41) is 9.40. The molecule has 0 unspecified atom stereocenters. The van der Waals surface area contributed by atoms with Crippen LogP contribution in [0.4, 0.5) is 44.3 Å². The lowest BCUT2D eigenvalue weighted by Gasteiger charge is -2.39. The number of halogens is 9. The van der Waals surface area contributed by atoms with Crippen LogP contribution in [0.25, 0.3) is 11.1 Å². The molecule has 2 atom stereocenters. The van der Waals surface area contributed by atoms with Gasteiger partial charge in [-0.05, 0) is 22.3 Å². The topological polar surface area (TPSA) is 76.1 Å². The molecule has 1 amide bonds. The number of amides is 1. The van der Waals surface area contributed by atoms with E-state index in [0.717, 1.165) is 22.3 Å². The molecule has 6 nitrogen and oxygen atoms in total. The molecule has 1 N–H and O–H groups in total. The number of hydrogen-bond donors (Lipinski definition) is 1. The third kappa shape index (κ3) is 4.76. The van der Waals surface area contributed by atoms with E-state index in [0.29, 0.717) is 0 Å². The van der Waals surface area contributed by atoms with E-state index in [1.807, 2.05) is 12.1 Å². The highest BCUT2D eigenvalue weighted by molar-refractivity contribution is 5.81. The number of nitrogens with zero attached hydrogens (tertiary/aromatic N) is 1. The summed E-state index contributed by atoms with van der Waals surface area (Å²) in [7, 11) is 0. The molecule has 2 aromatic rings. The molecule has 39 heavy (non-hydrogen) atoms. The van der Waals surface area contributed by atoms with Crippen molar-refractivity contribution in [3.63, 3.8) is 0 Å². The van der Waals surface area contributed by atoms with Crippen LogP contribution in [0.2, 0.25) is 0 Å². The zero-order chi connectivity index (χ0) is 29.0. The van der Waals surface area contributed by atoms with E-state index in [1.165, 1.54) is 0 Å². The summed E-state index contributed by atoms with van der Waals surface area (Å²) in [4.78, 5) is 24.6. The smallest absolute Gasteiger partial charge is 0.435 e. The zero-order valence-electron chi connectivity index (χ0n) is 19.4. The first kappa shape index (κ1) is 28.5. The van der Waals surface area contributed by atoms with Crippen molar-refractivity contribution in [1.29, 1.82) is 0 Å². The second kappa shape index (κ2) is 9.61. The van der Waals surface area contributed by atoms with Crippen molar-refractivity contribution in [2.24, 2.45) is 0 Å². The Morgan fingerprint density at radius 2 is 1.28 bits per heavy atom. The van der Waals surface area contributed by atoms with Gasteiger partial charge < -0.3 is 14.6 Å². The number of ether oxygens (including phenoxy) is 2. The van der Waals surface area contributed by atoms with Gasteiger partial charge in [0, 0.05) is 12.3 Å². The number of carboxylic acids is 1. The number of fused-ring (bicyclic) bond motifs is 3. The van der Waals surface area contributed by atoms with Gasteiger partial charge in [0.15, 0.2) is 0 Å². The average molecular weight is 571 g/mol. The number of benzene rings is 2. The van der Waals surface area contributed by atoms with Crippen LogP contribution in [-0.4, -0.2) is 71.5 Å². The molecule has 0 saturated carbocycles. The fraction of sp³-hybridized carbons (Fsp3) is 0.417. The van der Waals surface area contributed by atoms with Crippen molar-refractivity contribution in [3.8, 4) is 11.1 Å². The maximum atomic E-state index is 13.3. The normalized spacial score (nSPS) is 20.1. The Morgan fingerprint density at radius 3 is 1.72 bits per heavy atom. The summed E-state index contributed by atoms with van der Waals surface area (Å²) < 4.78 is 128. The highest BCUT2D eigenvalue weighted by Gasteiger charge is 2.86. The predicted octanol–water partition coefficient (Wildman–Crippen LogP) is 5.91. The van der Waals surface area contributed by atoms with Crippen molar-refractivity contribution >= 4 is 12.1 Å². The van der Waals surface area contributed by atoms with E-state index in [4.69, 9.17) is 4.74 Å².